The second-order valence-corrected chi connectivity index (χ2v) is 5.21. The third kappa shape index (κ3) is 2.90. The van der Waals surface area contributed by atoms with E-state index in [1.54, 1.807) is 42.5 Å². The highest BCUT2D eigenvalue weighted by molar-refractivity contribution is 6.00. The number of ether oxygens (including phenoxy) is 1. The van der Waals surface area contributed by atoms with Crippen LogP contribution >= 0.6 is 0 Å². The maximum Gasteiger partial charge on any atom is 0.195 e. The maximum atomic E-state index is 12.3. The summed E-state index contributed by atoms with van der Waals surface area (Å²) in [5, 5.41) is 10.3. The number of carbonyl (C=O) groups excluding carboxylic acids is 1. The second kappa shape index (κ2) is 5.58. The normalized spacial score (nSPS) is 15.5. The van der Waals surface area contributed by atoms with E-state index >= 15 is 0 Å². The highest BCUT2D eigenvalue weighted by Crippen LogP contribution is 2.35. The van der Waals surface area contributed by atoms with E-state index < -0.39 is 6.10 Å². The predicted octanol–water partition coefficient (Wildman–Crippen LogP) is 2.73. The van der Waals surface area contributed by atoms with Gasteiger partial charge in [-0.3, -0.25) is 4.79 Å². The van der Waals surface area contributed by atoms with Crippen molar-refractivity contribution in [1.82, 2.24) is 0 Å². The summed E-state index contributed by atoms with van der Waals surface area (Å²) >= 11 is 0. The van der Waals surface area contributed by atoms with Crippen LogP contribution in [0.15, 0.2) is 48.5 Å². The smallest absolute Gasteiger partial charge is 0.195 e. The minimum absolute atomic E-state index is 0.213. The van der Waals surface area contributed by atoms with Crippen LogP contribution in [-0.2, 0) is 0 Å². The molecule has 2 aromatic carbocycles. The van der Waals surface area contributed by atoms with Crippen molar-refractivity contribution in [3.8, 4) is 5.75 Å². The first-order chi connectivity index (χ1) is 10.2. The van der Waals surface area contributed by atoms with E-state index in [-0.39, 0.29) is 11.9 Å². The maximum absolute atomic E-state index is 12.3. The molecule has 0 aliphatic heterocycles. The van der Waals surface area contributed by atoms with Crippen molar-refractivity contribution < 1.29 is 14.6 Å². The van der Waals surface area contributed by atoms with E-state index in [0.29, 0.717) is 22.6 Å². The zero-order chi connectivity index (χ0) is 14.8. The fourth-order valence-electron chi connectivity index (χ4n) is 2.17. The van der Waals surface area contributed by atoms with Crippen LogP contribution in [-0.4, -0.2) is 17.0 Å². The molecule has 0 saturated heterocycles. The number of nitrogen functional groups attached to an aromatic ring is 1. The largest absolute Gasteiger partial charge is 0.488 e. The Balaban J connectivity index is 1.87. The van der Waals surface area contributed by atoms with Crippen LogP contribution in [0.1, 0.15) is 34.9 Å². The molecule has 1 atom stereocenters. The van der Waals surface area contributed by atoms with Crippen LogP contribution in [0.25, 0.3) is 0 Å². The molecule has 1 unspecified atom stereocenters. The SMILES string of the molecule is Nc1c(OC2CC2)cccc1C(O)C(=O)c1ccccc1. The highest BCUT2D eigenvalue weighted by atomic mass is 16.5. The van der Waals surface area contributed by atoms with Crippen molar-refractivity contribution in [2.45, 2.75) is 25.0 Å². The first kappa shape index (κ1) is 13.6. The van der Waals surface area contributed by atoms with Crippen LogP contribution in [0, 0.1) is 0 Å². The molecule has 1 saturated carbocycles. The topological polar surface area (TPSA) is 72.6 Å². The lowest BCUT2D eigenvalue weighted by atomic mass is 9.98. The number of hydrogen-bond donors (Lipinski definition) is 2. The average molecular weight is 283 g/mol. The first-order valence-corrected chi connectivity index (χ1v) is 6.99. The molecule has 108 valence electrons. The first-order valence-electron chi connectivity index (χ1n) is 6.99. The van der Waals surface area contributed by atoms with Crippen LogP contribution in [0.4, 0.5) is 5.69 Å². The quantitative estimate of drug-likeness (QED) is 0.653. The molecule has 1 fully saturated rings. The lowest BCUT2D eigenvalue weighted by Crippen LogP contribution is -2.14. The number of hydrogen-bond acceptors (Lipinski definition) is 4. The van der Waals surface area contributed by atoms with Gasteiger partial charge < -0.3 is 15.6 Å². The summed E-state index contributed by atoms with van der Waals surface area (Å²) in [5.74, 6) is 0.167. The van der Waals surface area contributed by atoms with E-state index in [0.717, 1.165) is 12.8 Å². The molecule has 4 heteroatoms. The van der Waals surface area contributed by atoms with Crippen LogP contribution in [0.3, 0.4) is 0 Å². The van der Waals surface area contributed by atoms with Gasteiger partial charge in [-0.1, -0.05) is 42.5 Å². The van der Waals surface area contributed by atoms with E-state index in [2.05, 4.69) is 0 Å². The van der Waals surface area contributed by atoms with Crippen molar-refractivity contribution in [3.63, 3.8) is 0 Å². The zero-order valence-electron chi connectivity index (χ0n) is 11.5. The highest BCUT2D eigenvalue weighted by Gasteiger charge is 2.27. The van der Waals surface area contributed by atoms with E-state index in [9.17, 15) is 9.90 Å². The van der Waals surface area contributed by atoms with Gasteiger partial charge in [0.1, 0.15) is 11.9 Å². The van der Waals surface area contributed by atoms with E-state index in [4.69, 9.17) is 10.5 Å². The molecule has 0 amide bonds. The van der Waals surface area contributed by atoms with Crippen molar-refractivity contribution in [3.05, 3.63) is 59.7 Å². The third-order valence-corrected chi connectivity index (χ3v) is 3.52. The number of rotatable bonds is 5. The predicted molar refractivity (Wildman–Crippen MR) is 80.2 cm³/mol. The summed E-state index contributed by atoms with van der Waals surface area (Å²) in [6.07, 6.45) is 0.976. The van der Waals surface area contributed by atoms with Crippen molar-refractivity contribution in [2.24, 2.45) is 0 Å². The number of aliphatic hydroxyl groups is 1. The van der Waals surface area contributed by atoms with Crippen LogP contribution in [0.5, 0.6) is 5.75 Å². The monoisotopic (exact) mass is 283 g/mol. The fraction of sp³-hybridized carbons (Fsp3) is 0.235. The van der Waals surface area contributed by atoms with Gasteiger partial charge in [-0.05, 0) is 18.9 Å². The molecule has 0 radical (unpaired) electrons. The zero-order valence-corrected chi connectivity index (χ0v) is 11.5. The molecule has 21 heavy (non-hydrogen) atoms. The summed E-state index contributed by atoms with van der Waals surface area (Å²) in [6.45, 7) is 0. The van der Waals surface area contributed by atoms with E-state index in [1.807, 2.05) is 6.07 Å². The Morgan fingerprint density at radius 3 is 2.52 bits per heavy atom. The fourth-order valence-corrected chi connectivity index (χ4v) is 2.17. The lowest BCUT2D eigenvalue weighted by Gasteiger charge is -2.15. The van der Waals surface area contributed by atoms with Crippen molar-refractivity contribution in [2.75, 3.05) is 5.73 Å². The van der Waals surface area contributed by atoms with Gasteiger partial charge in [0.25, 0.3) is 0 Å². The Morgan fingerprint density at radius 1 is 1.14 bits per heavy atom. The Kier molecular flexibility index (Phi) is 3.62. The summed E-state index contributed by atoms with van der Waals surface area (Å²) in [5.41, 5.74) is 7.22. The minimum atomic E-state index is -1.28. The molecule has 1 aliphatic carbocycles. The Hall–Kier alpha value is -2.33. The molecule has 0 bridgehead atoms. The molecule has 4 nitrogen and oxygen atoms in total. The second-order valence-electron chi connectivity index (χ2n) is 5.21. The standard InChI is InChI=1S/C17H17NO3/c18-15-13(7-4-8-14(15)21-12-9-10-12)17(20)16(19)11-5-2-1-3-6-11/h1-8,12,17,20H,9-10,18H2. The summed E-state index contributed by atoms with van der Waals surface area (Å²) in [6, 6.07) is 13.8. The molecular weight excluding hydrogens is 266 g/mol. The Bertz CT molecular complexity index is 650. The lowest BCUT2D eigenvalue weighted by molar-refractivity contribution is 0.0748. The van der Waals surface area contributed by atoms with Gasteiger partial charge in [0.05, 0.1) is 11.8 Å². The molecule has 3 N–H and O–H groups in total. The summed E-state index contributed by atoms with van der Waals surface area (Å²) < 4.78 is 5.68. The number of anilines is 1. The van der Waals surface area contributed by atoms with Gasteiger partial charge in [0.2, 0.25) is 0 Å². The van der Waals surface area contributed by atoms with Gasteiger partial charge in [0.15, 0.2) is 5.78 Å². The number of aliphatic hydroxyl groups excluding tert-OH is 1. The third-order valence-electron chi connectivity index (χ3n) is 3.52. The summed E-state index contributed by atoms with van der Waals surface area (Å²) in [4.78, 5) is 12.3. The molecule has 0 aromatic heterocycles. The number of ketones is 1. The van der Waals surface area contributed by atoms with Crippen molar-refractivity contribution >= 4 is 11.5 Å². The van der Waals surface area contributed by atoms with Crippen LogP contribution < -0.4 is 10.5 Å². The van der Waals surface area contributed by atoms with Gasteiger partial charge in [-0.25, -0.2) is 0 Å². The molecule has 2 aromatic rings. The number of benzene rings is 2. The van der Waals surface area contributed by atoms with Crippen LogP contribution in [0.2, 0.25) is 0 Å². The minimum Gasteiger partial charge on any atom is -0.488 e. The van der Waals surface area contributed by atoms with Gasteiger partial charge in [0, 0.05) is 11.1 Å². The molecule has 3 rings (SSSR count). The number of Topliss-reactive ketones (excluding diaryl/α,β-unsaturated/α-hetero) is 1. The van der Waals surface area contributed by atoms with E-state index in [1.165, 1.54) is 0 Å². The summed E-state index contributed by atoms with van der Waals surface area (Å²) in [7, 11) is 0. The Morgan fingerprint density at radius 2 is 1.86 bits per heavy atom. The molecular formula is C17H17NO3. The molecule has 0 spiro atoms. The number of para-hydroxylation sites is 1. The van der Waals surface area contributed by atoms with Crippen molar-refractivity contribution in [1.29, 1.82) is 0 Å². The van der Waals surface area contributed by atoms with Gasteiger partial charge >= 0.3 is 0 Å². The van der Waals surface area contributed by atoms with Gasteiger partial charge in [-0.15, -0.1) is 0 Å². The number of carbonyl (C=O) groups is 1. The molecule has 1 aliphatic rings. The molecule has 0 heterocycles. The number of nitrogens with two attached hydrogens (primary N) is 1. The Labute approximate surface area is 123 Å². The average Bonchev–Trinajstić information content (AvgIpc) is 3.33. The van der Waals surface area contributed by atoms with Gasteiger partial charge in [-0.2, -0.15) is 0 Å².